The SMILES string of the molecule is CN=C(NCCC(=O)N1CCCCC1C)NCCc1cc(C)cc(C)c1.I. The lowest BCUT2D eigenvalue weighted by Gasteiger charge is -2.33. The van der Waals surface area contributed by atoms with E-state index >= 15 is 0 Å². The van der Waals surface area contributed by atoms with E-state index in [1.165, 1.54) is 23.1 Å². The van der Waals surface area contributed by atoms with Crippen LogP contribution >= 0.6 is 24.0 Å². The first-order chi connectivity index (χ1) is 12.5. The molecule has 2 N–H and O–H groups in total. The molecule has 1 aromatic carbocycles. The largest absolute Gasteiger partial charge is 0.356 e. The van der Waals surface area contributed by atoms with Crippen molar-refractivity contribution in [1.29, 1.82) is 0 Å². The van der Waals surface area contributed by atoms with Crippen molar-refractivity contribution in [3.63, 3.8) is 0 Å². The highest BCUT2D eigenvalue weighted by Crippen LogP contribution is 2.17. The Hall–Kier alpha value is -1.31. The molecule has 1 amide bonds. The van der Waals surface area contributed by atoms with Gasteiger partial charge in [0.05, 0.1) is 0 Å². The number of hydrogen-bond donors (Lipinski definition) is 2. The molecule has 6 heteroatoms. The molecule has 5 nitrogen and oxygen atoms in total. The molecule has 27 heavy (non-hydrogen) atoms. The van der Waals surface area contributed by atoms with E-state index in [0.29, 0.717) is 19.0 Å². The number of nitrogens with one attached hydrogen (secondary N) is 2. The number of amides is 1. The number of hydrogen-bond acceptors (Lipinski definition) is 2. The van der Waals surface area contributed by atoms with Crippen molar-refractivity contribution in [1.82, 2.24) is 15.5 Å². The molecule has 0 aliphatic carbocycles. The Morgan fingerprint density at radius 2 is 1.81 bits per heavy atom. The van der Waals surface area contributed by atoms with Crippen LogP contribution in [-0.4, -0.2) is 49.5 Å². The van der Waals surface area contributed by atoms with E-state index in [-0.39, 0.29) is 29.9 Å². The fourth-order valence-electron chi connectivity index (χ4n) is 3.66. The number of carbonyl (C=O) groups excluding carboxylic acids is 1. The van der Waals surface area contributed by atoms with Crippen LogP contribution in [0.15, 0.2) is 23.2 Å². The lowest BCUT2D eigenvalue weighted by molar-refractivity contribution is -0.134. The Labute approximate surface area is 181 Å². The number of benzene rings is 1. The lowest BCUT2D eigenvalue weighted by atomic mass is 10.0. The molecule has 0 bridgehead atoms. The Bertz CT molecular complexity index is 612. The fraction of sp³-hybridized carbons (Fsp3) is 0.619. The van der Waals surface area contributed by atoms with Gasteiger partial charge >= 0.3 is 0 Å². The maximum atomic E-state index is 12.4. The van der Waals surface area contributed by atoms with Gasteiger partial charge in [-0.25, -0.2) is 0 Å². The first-order valence-corrected chi connectivity index (χ1v) is 9.80. The molecular formula is C21H35IN4O. The van der Waals surface area contributed by atoms with Crippen LogP contribution < -0.4 is 10.6 Å². The van der Waals surface area contributed by atoms with Crippen LogP contribution in [0.3, 0.4) is 0 Å². The van der Waals surface area contributed by atoms with E-state index in [1.54, 1.807) is 7.05 Å². The molecule has 0 saturated carbocycles. The molecule has 2 rings (SSSR count). The minimum Gasteiger partial charge on any atom is -0.356 e. The number of rotatable bonds is 6. The summed E-state index contributed by atoms with van der Waals surface area (Å²) in [6, 6.07) is 7.02. The Morgan fingerprint density at radius 1 is 1.15 bits per heavy atom. The van der Waals surface area contributed by atoms with Crippen molar-refractivity contribution in [3.05, 3.63) is 34.9 Å². The summed E-state index contributed by atoms with van der Waals surface area (Å²) in [7, 11) is 1.76. The highest BCUT2D eigenvalue weighted by atomic mass is 127. The monoisotopic (exact) mass is 486 g/mol. The minimum atomic E-state index is 0. The Morgan fingerprint density at radius 3 is 2.44 bits per heavy atom. The van der Waals surface area contributed by atoms with Gasteiger partial charge in [-0.15, -0.1) is 24.0 Å². The van der Waals surface area contributed by atoms with Crippen LogP contribution in [0.1, 0.15) is 49.3 Å². The minimum absolute atomic E-state index is 0. The second-order valence-electron chi connectivity index (χ2n) is 7.35. The molecule has 1 saturated heterocycles. The van der Waals surface area contributed by atoms with Gasteiger partial charge in [-0.2, -0.15) is 0 Å². The average molecular weight is 486 g/mol. The first kappa shape index (κ1) is 23.7. The number of aryl methyl sites for hydroxylation is 2. The van der Waals surface area contributed by atoms with E-state index in [0.717, 1.165) is 38.3 Å². The number of likely N-dealkylation sites (tertiary alicyclic amines) is 1. The van der Waals surface area contributed by atoms with Crippen molar-refractivity contribution in [2.75, 3.05) is 26.7 Å². The normalized spacial score (nSPS) is 17.3. The quantitative estimate of drug-likeness (QED) is 0.368. The molecule has 152 valence electrons. The second kappa shape index (κ2) is 12.2. The molecule has 0 spiro atoms. The Balaban J connectivity index is 0.00000364. The van der Waals surface area contributed by atoms with Gasteiger partial charge in [-0.1, -0.05) is 29.3 Å². The van der Waals surface area contributed by atoms with Gasteiger partial charge in [0.15, 0.2) is 5.96 Å². The van der Waals surface area contributed by atoms with Gasteiger partial charge in [-0.3, -0.25) is 9.79 Å². The van der Waals surface area contributed by atoms with Crippen molar-refractivity contribution >= 4 is 35.8 Å². The molecule has 1 aromatic rings. The molecule has 1 atom stereocenters. The molecule has 1 unspecified atom stereocenters. The highest BCUT2D eigenvalue weighted by molar-refractivity contribution is 14.0. The highest BCUT2D eigenvalue weighted by Gasteiger charge is 2.22. The third-order valence-corrected chi connectivity index (χ3v) is 4.97. The molecular weight excluding hydrogens is 451 g/mol. The van der Waals surface area contributed by atoms with E-state index in [2.05, 4.69) is 54.6 Å². The van der Waals surface area contributed by atoms with Crippen molar-refractivity contribution < 1.29 is 4.79 Å². The third-order valence-electron chi connectivity index (χ3n) is 4.97. The van der Waals surface area contributed by atoms with Crippen LogP contribution in [0.5, 0.6) is 0 Å². The first-order valence-electron chi connectivity index (χ1n) is 9.80. The van der Waals surface area contributed by atoms with Crippen LogP contribution in [0.2, 0.25) is 0 Å². The van der Waals surface area contributed by atoms with Gasteiger partial charge < -0.3 is 15.5 Å². The van der Waals surface area contributed by atoms with Gasteiger partial charge in [0.2, 0.25) is 5.91 Å². The predicted octanol–water partition coefficient (Wildman–Crippen LogP) is 3.42. The lowest BCUT2D eigenvalue weighted by Crippen LogP contribution is -2.44. The maximum absolute atomic E-state index is 12.4. The number of aliphatic imine (C=N–C) groups is 1. The Kier molecular flexibility index (Phi) is 10.7. The van der Waals surface area contributed by atoms with Crippen LogP contribution in [0.4, 0.5) is 0 Å². The van der Waals surface area contributed by atoms with Crippen molar-refractivity contribution in [2.45, 2.75) is 58.9 Å². The average Bonchev–Trinajstić information content (AvgIpc) is 2.59. The number of halogens is 1. The smallest absolute Gasteiger partial charge is 0.224 e. The van der Waals surface area contributed by atoms with Gasteiger partial charge in [0.25, 0.3) is 0 Å². The molecule has 0 radical (unpaired) electrons. The number of nitrogens with zero attached hydrogens (tertiary/aromatic N) is 2. The van der Waals surface area contributed by atoms with Gasteiger partial charge in [0.1, 0.15) is 0 Å². The fourth-order valence-corrected chi connectivity index (χ4v) is 3.66. The topological polar surface area (TPSA) is 56.7 Å². The second-order valence-corrected chi connectivity index (χ2v) is 7.35. The van der Waals surface area contributed by atoms with E-state index in [1.807, 2.05) is 4.90 Å². The summed E-state index contributed by atoms with van der Waals surface area (Å²) in [6.07, 6.45) is 4.96. The summed E-state index contributed by atoms with van der Waals surface area (Å²) < 4.78 is 0. The molecule has 0 aromatic heterocycles. The van der Waals surface area contributed by atoms with Crippen LogP contribution in [0, 0.1) is 13.8 Å². The van der Waals surface area contributed by atoms with Gasteiger partial charge in [-0.05, 0) is 52.0 Å². The summed E-state index contributed by atoms with van der Waals surface area (Å²) in [6.45, 7) is 8.75. The predicted molar refractivity (Wildman–Crippen MR) is 124 cm³/mol. The molecule has 1 heterocycles. The molecule has 1 fully saturated rings. The van der Waals surface area contributed by atoms with E-state index < -0.39 is 0 Å². The summed E-state index contributed by atoms with van der Waals surface area (Å²) >= 11 is 0. The van der Waals surface area contributed by atoms with Crippen molar-refractivity contribution in [3.8, 4) is 0 Å². The van der Waals surface area contributed by atoms with E-state index in [9.17, 15) is 4.79 Å². The van der Waals surface area contributed by atoms with Crippen molar-refractivity contribution in [2.24, 2.45) is 4.99 Å². The number of carbonyl (C=O) groups is 1. The zero-order chi connectivity index (χ0) is 18.9. The zero-order valence-corrected chi connectivity index (χ0v) is 19.5. The molecule has 1 aliphatic rings. The number of guanidine groups is 1. The van der Waals surface area contributed by atoms with E-state index in [4.69, 9.17) is 0 Å². The summed E-state index contributed by atoms with van der Waals surface area (Å²) in [5.41, 5.74) is 3.93. The zero-order valence-electron chi connectivity index (χ0n) is 17.2. The van der Waals surface area contributed by atoms with Crippen LogP contribution in [0.25, 0.3) is 0 Å². The van der Waals surface area contributed by atoms with Crippen LogP contribution in [-0.2, 0) is 11.2 Å². The molecule has 1 aliphatic heterocycles. The standard InChI is InChI=1S/C21H34N4O.HI/c1-16-13-17(2)15-19(14-16)8-10-23-21(22-4)24-11-9-20(26)25-12-6-5-7-18(25)3;/h13-15,18H,5-12H2,1-4H3,(H2,22,23,24);1H. The van der Waals surface area contributed by atoms with Gasteiger partial charge in [0, 0.05) is 39.1 Å². The summed E-state index contributed by atoms with van der Waals surface area (Å²) in [4.78, 5) is 18.6. The summed E-state index contributed by atoms with van der Waals surface area (Å²) in [5, 5.41) is 6.59. The summed E-state index contributed by atoms with van der Waals surface area (Å²) in [5.74, 6) is 1.00. The number of piperidine rings is 1. The maximum Gasteiger partial charge on any atom is 0.224 e. The third kappa shape index (κ3) is 8.07.